The van der Waals surface area contributed by atoms with Gasteiger partial charge in [0.25, 0.3) is 5.91 Å². The van der Waals surface area contributed by atoms with E-state index in [0.29, 0.717) is 30.5 Å². The van der Waals surface area contributed by atoms with E-state index in [1.54, 1.807) is 0 Å². The van der Waals surface area contributed by atoms with Gasteiger partial charge in [-0.1, -0.05) is 47.6 Å². The first-order valence-corrected chi connectivity index (χ1v) is 11.1. The fourth-order valence-corrected chi connectivity index (χ4v) is 4.46. The van der Waals surface area contributed by atoms with Gasteiger partial charge in [0.05, 0.1) is 24.8 Å². The lowest BCUT2D eigenvalue weighted by Crippen LogP contribution is -2.44. The number of hydrogen-bond donors (Lipinski definition) is 1. The van der Waals surface area contributed by atoms with Gasteiger partial charge in [-0.15, -0.1) is 0 Å². The number of benzene rings is 1. The number of pyridine rings is 1. The van der Waals surface area contributed by atoms with E-state index < -0.39 is 0 Å². The second-order valence-electron chi connectivity index (χ2n) is 6.80. The number of morpholine rings is 1. The maximum atomic E-state index is 13.0. The summed E-state index contributed by atoms with van der Waals surface area (Å²) < 4.78 is 7.43. The highest BCUT2D eigenvalue weighted by Crippen LogP contribution is 2.28. The topological polar surface area (TPSA) is 58.9 Å². The van der Waals surface area contributed by atoms with Gasteiger partial charge >= 0.3 is 0 Å². The first kappa shape index (κ1) is 20.2. The number of hydrogen-bond acceptors (Lipinski definition) is 5. The van der Waals surface area contributed by atoms with E-state index in [1.165, 1.54) is 11.8 Å². The van der Waals surface area contributed by atoms with Crippen molar-refractivity contribution < 1.29 is 9.53 Å². The van der Waals surface area contributed by atoms with Gasteiger partial charge < -0.3 is 10.1 Å². The second kappa shape index (κ2) is 9.17. The highest BCUT2D eigenvalue weighted by atomic mass is 35.5. The van der Waals surface area contributed by atoms with Crippen molar-refractivity contribution in [2.75, 3.05) is 39.1 Å². The largest absolute Gasteiger partial charge is 0.379 e. The molecule has 0 radical (unpaired) electrons. The third-order valence-corrected chi connectivity index (χ3v) is 6.12. The molecule has 1 aromatic carbocycles. The molecule has 4 rings (SSSR count). The normalized spacial score (nSPS) is 16.1. The van der Waals surface area contributed by atoms with Crippen LogP contribution in [0, 0.1) is 0 Å². The number of imidazole rings is 1. The predicted molar refractivity (Wildman–Crippen MR) is 116 cm³/mol. The highest BCUT2D eigenvalue weighted by molar-refractivity contribution is 7.98. The zero-order chi connectivity index (χ0) is 20.2. The minimum Gasteiger partial charge on any atom is -0.379 e. The molecule has 3 aromatic rings. The van der Waals surface area contributed by atoms with Crippen LogP contribution in [-0.2, 0) is 4.74 Å². The Morgan fingerprint density at radius 2 is 2.00 bits per heavy atom. The predicted octanol–water partition coefficient (Wildman–Crippen LogP) is 3.51. The van der Waals surface area contributed by atoms with Crippen molar-refractivity contribution in [3.63, 3.8) is 0 Å². The van der Waals surface area contributed by atoms with Gasteiger partial charge in [0.1, 0.15) is 0 Å². The minimum atomic E-state index is -0.181. The molecule has 152 valence electrons. The zero-order valence-corrected chi connectivity index (χ0v) is 17.7. The van der Waals surface area contributed by atoms with Crippen LogP contribution in [0.25, 0.3) is 5.52 Å². The van der Waals surface area contributed by atoms with E-state index in [-0.39, 0.29) is 11.9 Å². The fraction of sp³-hybridized carbons (Fsp3) is 0.333. The van der Waals surface area contributed by atoms with Crippen molar-refractivity contribution in [3.05, 3.63) is 64.9 Å². The molecular formula is C21H23ClN4O2S. The molecule has 2 aromatic heterocycles. The van der Waals surface area contributed by atoms with Crippen LogP contribution in [0.4, 0.5) is 0 Å². The second-order valence-corrected chi connectivity index (χ2v) is 7.98. The number of fused-ring (bicyclic) bond motifs is 1. The number of amides is 1. The summed E-state index contributed by atoms with van der Waals surface area (Å²) in [6, 6.07) is 13.5. The average Bonchev–Trinajstić information content (AvgIpc) is 3.15. The Hall–Kier alpha value is -2.06. The van der Waals surface area contributed by atoms with Gasteiger partial charge in [-0.05, 0) is 30.0 Å². The van der Waals surface area contributed by atoms with Crippen LogP contribution in [-0.4, -0.2) is 59.3 Å². The summed E-state index contributed by atoms with van der Waals surface area (Å²) in [6.07, 6.45) is 3.88. The van der Waals surface area contributed by atoms with Crippen LogP contribution in [0.3, 0.4) is 0 Å². The van der Waals surface area contributed by atoms with Gasteiger partial charge in [-0.25, -0.2) is 4.98 Å². The first-order chi connectivity index (χ1) is 14.2. The monoisotopic (exact) mass is 430 g/mol. The summed E-state index contributed by atoms with van der Waals surface area (Å²) in [4.78, 5) is 19.9. The van der Waals surface area contributed by atoms with Crippen LogP contribution in [0.15, 0.2) is 53.8 Å². The zero-order valence-electron chi connectivity index (χ0n) is 16.2. The lowest BCUT2D eigenvalue weighted by Gasteiger charge is -2.35. The molecule has 0 bridgehead atoms. The Morgan fingerprint density at radius 1 is 1.24 bits per heavy atom. The SMILES string of the molecule is CSc1nc(C(=O)NCC(c2ccccc2Cl)N2CCOCC2)c2ccccn12. The molecule has 6 nitrogen and oxygen atoms in total. The Balaban J connectivity index is 1.57. The molecule has 8 heteroatoms. The molecule has 1 aliphatic rings. The quantitative estimate of drug-likeness (QED) is 0.606. The maximum absolute atomic E-state index is 13.0. The number of halogens is 1. The molecule has 1 fully saturated rings. The molecule has 1 N–H and O–H groups in total. The summed E-state index contributed by atoms with van der Waals surface area (Å²) in [7, 11) is 0. The van der Waals surface area contributed by atoms with Crippen molar-refractivity contribution in [1.29, 1.82) is 0 Å². The lowest BCUT2D eigenvalue weighted by atomic mass is 10.0. The van der Waals surface area contributed by atoms with Gasteiger partial charge in [-0.2, -0.15) is 0 Å². The van der Waals surface area contributed by atoms with Crippen LogP contribution in [0.5, 0.6) is 0 Å². The number of rotatable bonds is 6. The number of carbonyl (C=O) groups excluding carboxylic acids is 1. The lowest BCUT2D eigenvalue weighted by molar-refractivity contribution is 0.0162. The van der Waals surface area contributed by atoms with E-state index in [1.807, 2.05) is 59.3 Å². The van der Waals surface area contributed by atoms with Crippen molar-refractivity contribution in [1.82, 2.24) is 19.6 Å². The van der Waals surface area contributed by atoms with Crippen molar-refractivity contribution >= 4 is 34.8 Å². The van der Waals surface area contributed by atoms with E-state index in [2.05, 4.69) is 15.2 Å². The molecular weight excluding hydrogens is 408 g/mol. The molecule has 3 heterocycles. The van der Waals surface area contributed by atoms with Gasteiger partial charge in [-0.3, -0.25) is 14.1 Å². The number of thioether (sulfide) groups is 1. The van der Waals surface area contributed by atoms with Gasteiger partial charge in [0.2, 0.25) is 0 Å². The molecule has 1 saturated heterocycles. The number of nitrogens with one attached hydrogen (secondary N) is 1. The van der Waals surface area contributed by atoms with Crippen LogP contribution >= 0.6 is 23.4 Å². The summed E-state index contributed by atoms with van der Waals surface area (Å²) in [5.74, 6) is -0.181. The number of ether oxygens (including phenoxy) is 1. The van der Waals surface area contributed by atoms with E-state index in [9.17, 15) is 4.79 Å². The molecule has 0 saturated carbocycles. The summed E-state index contributed by atoms with van der Waals surface area (Å²) in [5, 5.41) is 4.58. The molecule has 1 aliphatic heterocycles. The standard InChI is InChI=1S/C21H23ClN4O2S/c1-29-21-24-19(17-8-4-5-9-26(17)21)20(27)23-14-18(25-10-12-28-13-11-25)15-6-2-3-7-16(15)22/h2-9,18H,10-14H2,1H3,(H,23,27). The van der Waals surface area contributed by atoms with E-state index in [4.69, 9.17) is 16.3 Å². The first-order valence-electron chi connectivity index (χ1n) is 9.54. The maximum Gasteiger partial charge on any atom is 0.272 e. The van der Waals surface area contributed by atoms with Crippen molar-refractivity contribution in [2.45, 2.75) is 11.2 Å². The summed E-state index contributed by atoms with van der Waals surface area (Å²) in [6.45, 7) is 3.41. The van der Waals surface area contributed by atoms with Crippen molar-refractivity contribution in [3.8, 4) is 0 Å². The number of aromatic nitrogens is 2. The molecule has 0 aliphatic carbocycles. The third kappa shape index (κ3) is 4.28. The highest BCUT2D eigenvalue weighted by Gasteiger charge is 2.26. The molecule has 0 spiro atoms. The minimum absolute atomic E-state index is 0.0227. The Bertz CT molecular complexity index is 1000. The van der Waals surface area contributed by atoms with Crippen LogP contribution in [0.1, 0.15) is 22.1 Å². The Morgan fingerprint density at radius 3 is 2.76 bits per heavy atom. The summed E-state index contributed by atoms with van der Waals surface area (Å²) in [5.41, 5.74) is 2.25. The van der Waals surface area contributed by atoms with Gasteiger partial charge in [0, 0.05) is 30.9 Å². The van der Waals surface area contributed by atoms with E-state index in [0.717, 1.165) is 29.3 Å². The Kier molecular flexibility index (Phi) is 6.40. The van der Waals surface area contributed by atoms with Crippen LogP contribution in [0.2, 0.25) is 5.02 Å². The van der Waals surface area contributed by atoms with Crippen molar-refractivity contribution in [2.24, 2.45) is 0 Å². The fourth-order valence-electron chi connectivity index (χ4n) is 3.66. The molecule has 1 atom stereocenters. The average molecular weight is 431 g/mol. The molecule has 1 amide bonds. The van der Waals surface area contributed by atoms with Gasteiger partial charge in [0.15, 0.2) is 10.9 Å². The smallest absolute Gasteiger partial charge is 0.272 e. The third-order valence-electron chi connectivity index (χ3n) is 5.12. The Labute approximate surface area is 179 Å². The van der Waals surface area contributed by atoms with Crippen LogP contribution < -0.4 is 5.32 Å². The number of carbonyl (C=O) groups is 1. The molecule has 1 unspecified atom stereocenters. The van der Waals surface area contributed by atoms with E-state index >= 15 is 0 Å². The number of nitrogens with zero attached hydrogens (tertiary/aromatic N) is 3. The molecule has 29 heavy (non-hydrogen) atoms. The summed E-state index contributed by atoms with van der Waals surface area (Å²) >= 11 is 8.00.